The van der Waals surface area contributed by atoms with Crippen molar-refractivity contribution in [1.82, 2.24) is 4.98 Å². The SMILES string of the molecule is CCc1ccc(C(=O)OC)cc1S(=O)(=O)Nc1cc(C#N)ccc1-c1ccccn1. The largest absolute Gasteiger partial charge is 0.465 e. The molecule has 0 radical (unpaired) electrons. The summed E-state index contributed by atoms with van der Waals surface area (Å²) >= 11 is 0. The van der Waals surface area contributed by atoms with Crippen LogP contribution in [0.2, 0.25) is 0 Å². The van der Waals surface area contributed by atoms with Gasteiger partial charge in [-0.15, -0.1) is 0 Å². The van der Waals surface area contributed by atoms with Gasteiger partial charge < -0.3 is 4.74 Å². The molecule has 2 aromatic carbocycles. The number of hydrogen-bond acceptors (Lipinski definition) is 6. The van der Waals surface area contributed by atoms with E-state index in [0.29, 0.717) is 28.8 Å². The van der Waals surface area contributed by atoms with Crippen LogP contribution in [-0.4, -0.2) is 26.5 Å². The molecule has 1 aromatic heterocycles. The molecule has 8 heteroatoms. The standard InChI is InChI=1S/C22H19N3O4S/c1-3-16-8-9-17(22(26)29-2)13-21(16)30(27,28)25-20-12-15(14-23)7-10-18(20)19-6-4-5-11-24-19/h4-13,25H,3H2,1-2H3. The zero-order valence-corrected chi connectivity index (χ0v) is 17.2. The van der Waals surface area contributed by atoms with Crippen LogP contribution < -0.4 is 4.72 Å². The first-order chi connectivity index (χ1) is 14.4. The molecule has 0 atom stereocenters. The molecule has 0 aliphatic carbocycles. The van der Waals surface area contributed by atoms with Crippen LogP contribution in [0, 0.1) is 11.3 Å². The van der Waals surface area contributed by atoms with Crippen molar-refractivity contribution in [3.8, 4) is 17.3 Å². The van der Waals surface area contributed by atoms with E-state index in [1.165, 1.54) is 25.3 Å². The summed E-state index contributed by atoms with van der Waals surface area (Å²) in [6.45, 7) is 1.82. The highest BCUT2D eigenvalue weighted by Gasteiger charge is 2.22. The number of nitriles is 1. The minimum atomic E-state index is -4.07. The number of hydrogen-bond donors (Lipinski definition) is 1. The summed E-state index contributed by atoms with van der Waals surface area (Å²) in [5.74, 6) is -0.630. The fourth-order valence-corrected chi connectivity index (χ4v) is 4.39. The number of aryl methyl sites for hydroxylation is 1. The predicted octanol–water partition coefficient (Wildman–Crippen LogP) is 3.77. The van der Waals surface area contributed by atoms with Gasteiger partial charge in [-0.3, -0.25) is 9.71 Å². The van der Waals surface area contributed by atoms with Crippen LogP contribution in [-0.2, 0) is 21.2 Å². The van der Waals surface area contributed by atoms with Crippen LogP contribution in [0.15, 0.2) is 65.7 Å². The van der Waals surface area contributed by atoms with Crippen LogP contribution in [0.4, 0.5) is 5.69 Å². The third kappa shape index (κ3) is 4.31. The predicted molar refractivity (Wildman–Crippen MR) is 112 cm³/mol. The first-order valence-corrected chi connectivity index (χ1v) is 10.6. The summed E-state index contributed by atoms with van der Waals surface area (Å²) < 4.78 is 33.8. The fourth-order valence-electron chi connectivity index (χ4n) is 2.99. The van der Waals surface area contributed by atoms with Crippen LogP contribution in [0.1, 0.15) is 28.4 Å². The quantitative estimate of drug-likeness (QED) is 0.607. The Kier molecular flexibility index (Phi) is 6.14. The Balaban J connectivity index is 2.12. The zero-order valence-electron chi connectivity index (χ0n) is 16.4. The Morgan fingerprint density at radius 2 is 1.97 bits per heavy atom. The number of pyridine rings is 1. The zero-order chi connectivity index (χ0) is 21.7. The highest BCUT2D eigenvalue weighted by molar-refractivity contribution is 7.92. The number of carbonyl (C=O) groups is 1. The smallest absolute Gasteiger partial charge is 0.337 e. The Morgan fingerprint density at radius 1 is 1.17 bits per heavy atom. The van der Waals surface area contributed by atoms with Crippen LogP contribution in [0.3, 0.4) is 0 Å². The number of esters is 1. The Hall–Kier alpha value is -3.70. The molecule has 1 heterocycles. The molecule has 0 aliphatic rings. The van der Waals surface area contributed by atoms with Crippen molar-refractivity contribution >= 4 is 21.7 Å². The Bertz CT molecular complexity index is 1230. The summed E-state index contributed by atoms with van der Waals surface area (Å²) in [6, 6.07) is 16.4. The molecular formula is C22H19N3O4S. The van der Waals surface area contributed by atoms with E-state index >= 15 is 0 Å². The number of methoxy groups -OCH3 is 1. The van der Waals surface area contributed by atoms with Gasteiger partial charge in [0.25, 0.3) is 10.0 Å². The summed E-state index contributed by atoms with van der Waals surface area (Å²) in [4.78, 5) is 16.1. The number of anilines is 1. The normalized spacial score (nSPS) is 10.8. The van der Waals surface area contributed by atoms with Gasteiger partial charge in [-0.2, -0.15) is 5.26 Å². The van der Waals surface area contributed by atoms with E-state index in [-0.39, 0.29) is 16.1 Å². The van der Waals surface area contributed by atoms with E-state index in [1.807, 2.05) is 13.0 Å². The van der Waals surface area contributed by atoms with E-state index < -0.39 is 16.0 Å². The Morgan fingerprint density at radius 3 is 2.60 bits per heavy atom. The third-order valence-corrected chi connectivity index (χ3v) is 5.94. The second-order valence-corrected chi connectivity index (χ2v) is 8.01. The molecule has 0 saturated carbocycles. The number of nitrogens with one attached hydrogen (secondary N) is 1. The van der Waals surface area contributed by atoms with Crippen molar-refractivity contribution in [3.63, 3.8) is 0 Å². The molecule has 7 nitrogen and oxygen atoms in total. The summed E-state index contributed by atoms with van der Waals surface area (Å²) in [7, 11) is -2.84. The highest BCUT2D eigenvalue weighted by Crippen LogP contribution is 2.30. The van der Waals surface area contributed by atoms with Gasteiger partial charge in [0.1, 0.15) is 0 Å². The number of ether oxygens (including phenoxy) is 1. The molecule has 1 N–H and O–H groups in total. The van der Waals surface area contributed by atoms with Crippen molar-refractivity contribution < 1.29 is 17.9 Å². The minimum Gasteiger partial charge on any atom is -0.465 e. The molecule has 0 fully saturated rings. The van der Waals surface area contributed by atoms with E-state index in [2.05, 4.69) is 9.71 Å². The first kappa shape index (κ1) is 21.0. The van der Waals surface area contributed by atoms with Crippen LogP contribution in [0.5, 0.6) is 0 Å². The van der Waals surface area contributed by atoms with Gasteiger partial charge in [0.05, 0.1) is 40.6 Å². The van der Waals surface area contributed by atoms with E-state index in [4.69, 9.17) is 4.74 Å². The average molecular weight is 421 g/mol. The van der Waals surface area contributed by atoms with Crippen molar-refractivity contribution in [1.29, 1.82) is 5.26 Å². The van der Waals surface area contributed by atoms with Gasteiger partial charge in [-0.1, -0.05) is 19.1 Å². The molecule has 0 saturated heterocycles. The van der Waals surface area contributed by atoms with Gasteiger partial charge in [0, 0.05) is 11.8 Å². The number of aromatic nitrogens is 1. The molecule has 0 aliphatic heterocycles. The average Bonchev–Trinajstić information content (AvgIpc) is 2.78. The van der Waals surface area contributed by atoms with Gasteiger partial charge in [-0.05, 0) is 54.4 Å². The molecule has 152 valence electrons. The molecule has 0 unspecified atom stereocenters. The lowest BCUT2D eigenvalue weighted by Crippen LogP contribution is -2.17. The number of nitrogens with zero attached hydrogens (tertiary/aromatic N) is 2. The second-order valence-electron chi connectivity index (χ2n) is 6.36. The van der Waals surface area contributed by atoms with Crippen LogP contribution >= 0.6 is 0 Å². The lowest BCUT2D eigenvalue weighted by molar-refractivity contribution is 0.0600. The summed E-state index contributed by atoms with van der Waals surface area (Å²) in [5.41, 5.74) is 2.28. The van der Waals surface area contributed by atoms with Gasteiger partial charge in [0.2, 0.25) is 0 Å². The Labute approximate surface area is 175 Å². The van der Waals surface area contributed by atoms with Crippen molar-refractivity contribution in [3.05, 3.63) is 77.5 Å². The van der Waals surface area contributed by atoms with E-state index in [1.54, 1.807) is 42.6 Å². The summed E-state index contributed by atoms with van der Waals surface area (Å²) in [5, 5.41) is 9.25. The van der Waals surface area contributed by atoms with Crippen molar-refractivity contribution in [2.75, 3.05) is 11.8 Å². The van der Waals surface area contributed by atoms with E-state index in [9.17, 15) is 18.5 Å². The molecule has 0 amide bonds. The van der Waals surface area contributed by atoms with E-state index in [0.717, 1.165) is 0 Å². The number of rotatable bonds is 6. The highest BCUT2D eigenvalue weighted by atomic mass is 32.2. The molecule has 30 heavy (non-hydrogen) atoms. The molecule has 0 bridgehead atoms. The topological polar surface area (TPSA) is 109 Å². The lowest BCUT2D eigenvalue weighted by Gasteiger charge is -2.15. The second kappa shape index (κ2) is 8.76. The minimum absolute atomic E-state index is 0.0257. The first-order valence-electron chi connectivity index (χ1n) is 9.09. The third-order valence-electron chi connectivity index (χ3n) is 4.49. The summed E-state index contributed by atoms with van der Waals surface area (Å²) in [6.07, 6.45) is 2.05. The maximum absolute atomic E-state index is 13.3. The van der Waals surface area contributed by atoms with Crippen molar-refractivity contribution in [2.45, 2.75) is 18.2 Å². The number of benzene rings is 2. The molecule has 3 rings (SSSR count). The van der Waals surface area contributed by atoms with Gasteiger partial charge in [0.15, 0.2) is 0 Å². The lowest BCUT2D eigenvalue weighted by atomic mass is 10.1. The van der Waals surface area contributed by atoms with Crippen molar-refractivity contribution in [2.24, 2.45) is 0 Å². The number of carbonyl (C=O) groups excluding carboxylic acids is 1. The fraction of sp³-hybridized carbons (Fsp3) is 0.136. The molecule has 0 spiro atoms. The molecular weight excluding hydrogens is 402 g/mol. The maximum atomic E-state index is 13.3. The molecule has 3 aromatic rings. The van der Waals surface area contributed by atoms with Gasteiger partial charge >= 0.3 is 5.97 Å². The maximum Gasteiger partial charge on any atom is 0.337 e. The number of sulfonamides is 1. The monoisotopic (exact) mass is 421 g/mol. The van der Waals surface area contributed by atoms with Crippen LogP contribution in [0.25, 0.3) is 11.3 Å². The van der Waals surface area contributed by atoms with Gasteiger partial charge in [-0.25, -0.2) is 13.2 Å².